The van der Waals surface area contributed by atoms with Crippen LogP contribution >= 0.6 is 0 Å². The number of furan rings is 2. The number of rotatable bonds is 5. The fraction of sp³-hybridized carbons (Fsp3) is 0.196. The van der Waals surface area contributed by atoms with E-state index in [1.807, 2.05) is 12.1 Å². The summed E-state index contributed by atoms with van der Waals surface area (Å²) in [6.07, 6.45) is 0. The summed E-state index contributed by atoms with van der Waals surface area (Å²) in [6, 6.07) is 37.4. The number of fused-ring (bicyclic) bond motifs is 7. The summed E-state index contributed by atoms with van der Waals surface area (Å²) in [5, 5.41) is 4.07. The van der Waals surface area contributed by atoms with Crippen LogP contribution in [0.2, 0.25) is 0 Å². The quantitative estimate of drug-likeness (QED) is 0.173. The van der Waals surface area contributed by atoms with E-state index >= 15 is 0 Å². The third-order valence-electron chi connectivity index (χ3n) is 10.4. The molecule has 0 saturated carbocycles. The second-order valence-corrected chi connectivity index (χ2v) is 14.2. The number of benzene rings is 6. The van der Waals surface area contributed by atoms with Crippen molar-refractivity contribution in [3.8, 4) is 28.2 Å². The predicted octanol–water partition coefficient (Wildman–Crippen LogP) is 12.5. The molecule has 0 atom stereocenters. The van der Waals surface area contributed by atoms with Crippen molar-refractivity contribution in [2.45, 2.75) is 53.3 Å². The average Bonchev–Trinajstić information content (AvgIpc) is 3.79. The van der Waals surface area contributed by atoms with Crippen molar-refractivity contribution < 1.29 is 17.5 Å². The molecule has 6 aromatic carbocycles. The van der Waals surface area contributed by atoms with Gasteiger partial charge in [-0.25, -0.2) is 4.57 Å². The topological polar surface area (TPSA) is 35.1 Å². The number of nitrogens with zero attached hydrogens (tertiary/aromatic N) is 2. The molecule has 0 aliphatic carbocycles. The van der Waals surface area contributed by atoms with Crippen molar-refractivity contribution in [2.75, 3.05) is 0 Å². The molecular formula is C46H41N2O2+. The van der Waals surface area contributed by atoms with Crippen molar-refractivity contribution in [3.63, 3.8) is 0 Å². The van der Waals surface area contributed by atoms with Gasteiger partial charge in [-0.1, -0.05) is 100 Å². The highest BCUT2D eigenvalue weighted by molar-refractivity contribution is 6.11. The predicted molar refractivity (Wildman–Crippen MR) is 208 cm³/mol. The van der Waals surface area contributed by atoms with E-state index < -0.39 is 6.85 Å². The maximum Gasteiger partial charge on any atom is 0.299 e. The number of aromatic nitrogens is 2. The standard InChI is InChI=1S/C46H41N2O2/c1-26(2)35-25-36-33-22-19-31(30-13-9-8-10-14-30)24-40(33)50-45(36)41(27(3)4)43(35)48-38-16-12-11-15-37(38)47(7)46(48)42-29(6)18-21-34-32-20-17-28(5)23-39(32)49-44(34)42/h8-27H,1-7H3/q+1/i5D3. The molecule has 3 heterocycles. The monoisotopic (exact) mass is 656 g/mol. The second-order valence-electron chi connectivity index (χ2n) is 14.2. The van der Waals surface area contributed by atoms with Crippen molar-refractivity contribution >= 4 is 54.9 Å². The van der Waals surface area contributed by atoms with Crippen LogP contribution in [0.5, 0.6) is 0 Å². The van der Waals surface area contributed by atoms with Gasteiger partial charge in [-0.15, -0.1) is 0 Å². The van der Waals surface area contributed by atoms with E-state index in [4.69, 9.17) is 12.9 Å². The Hall–Kier alpha value is -5.61. The Morgan fingerprint density at radius 1 is 0.660 bits per heavy atom. The van der Waals surface area contributed by atoms with Gasteiger partial charge in [-0.3, -0.25) is 0 Å². The van der Waals surface area contributed by atoms with E-state index in [9.17, 15) is 0 Å². The van der Waals surface area contributed by atoms with Crippen molar-refractivity contribution in [1.29, 1.82) is 0 Å². The molecule has 0 unspecified atom stereocenters. The van der Waals surface area contributed by atoms with Crippen LogP contribution in [0.3, 0.4) is 0 Å². The number of imidazole rings is 1. The van der Waals surface area contributed by atoms with Gasteiger partial charge in [0.1, 0.15) is 28.0 Å². The van der Waals surface area contributed by atoms with Gasteiger partial charge < -0.3 is 8.83 Å². The molecule has 4 nitrogen and oxygen atoms in total. The zero-order valence-electron chi connectivity index (χ0n) is 32.3. The number of hydrogen-bond donors (Lipinski definition) is 0. The fourth-order valence-corrected chi connectivity index (χ4v) is 8.02. The van der Waals surface area contributed by atoms with Crippen LogP contribution in [0.4, 0.5) is 0 Å². The summed E-state index contributed by atoms with van der Waals surface area (Å²) in [5.41, 5.74) is 13.3. The maximum absolute atomic E-state index is 8.04. The molecule has 9 aromatic rings. The van der Waals surface area contributed by atoms with Gasteiger partial charge >= 0.3 is 0 Å². The summed E-state index contributed by atoms with van der Waals surface area (Å²) < 4.78 is 42.5. The fourth-order valence-electron chi connectivity index (χ4n) is 8.02. The van der Waals surface area contributed by atoms with E-state index in [0.717, 1.165) is 88.7 Å². The molecule has 0 aliphatic rings. The lowest BCUT2D eigenvalue weighted by Gasteiger charge is -2.19. The van der Waals surface area contributed by atoms with Crippen LogP contribution < -0.4 is 4.57 Å². The molecule has 50 heavy (non-hydrogen) atoms. The van der Waals surface area contributed by atoms with E-state index in [0.29, 0.717) is 5.58 Å². The highest BCUT2D eigenvalue weighted by Gasteiger charge is 2.35. The van der Waals surface area contributed by atoms with Crippen LogP contribution in [0.25, 0.3) is 83.1 Å². The van der Waals surface area contributed by atoms with E-state index in [1.165, 1.54) is 5.56 Å². The summed E-state index contributed by atoms with van der Waals surface area (Å²) in [6.45, 7) is 8.93. The molecule has 4 heteroatoms. The zero-order valence-corrected chi connectivity index (χ0v) is 29.3. The molecular weight excluding hydrogens is 613 g/mol. The van der Waals surface area contributed by atoms with Gasteiger partial charge in [-0.2, -0.15) is 4.57 Å². The minimum absolute atomic E-state index is 0.126. The third-order valence-corrected chi connectivity index (χ3v) is 10.4. The number of aryl methyl sites for hydroxylation is 3. The van der Waals surface area contributed by atoms with Crippen molar-refractivity contribution in [3.05, 3.63) is 131 Å². The highest BCUT2D eigenvalue weighted by atomic mass is 16.3. The second kappa shape index (κ2) is 11.2. The Kier molecular flexibility index (Phi) is 6.11. The molecule has 0 saturated heterocycles. The van der Waals surface area contributed by atoms with Crippen LogP contribution in [-0.2, 0) is 7.05 Å². The van der Waals surface area contributed by atoms with Gasteiger partial charge in [0.15, 0.2) is 16.6 Å². The third kappa shape index (κ3) is 4.41. The lowest BCUT2D eigenvalue weighted by molar-refractivity contribution is -0.633. The first kappa shape index (κ1) is 27.2. The summed E-state index contributed by atoms with van der Waals surface area (Å²) in [5.74, 6) is 1.30. The smallest absolute Gasteiger partial charge is 0.299 e. The molecule has 0 spiro atoms. The van der Waals surface area contributed by atoms with Crippen LogP contribution in [0.15, 0.2) is 118 Å². The van der Waals surface area contributed by atoms with Gasteiger partial charge in [0.2, 0.25) is 0 Å². The first-order valence-corrected chi connectivity index (χ1v) is 17.5. The molecule has 0 N–H and O–H groups in total. The van der Waals surface area contributed by atoms with Gasteiger partial charge in [0.25, 0.3) is 5.82 Å². The maximum atomic E-state index is 8.04. The highest BCUT2D eigenvalue weighted by Crippen LogP contribution is 2.46. The van der Waals surface area contributed by atoms with Crippen molar-refractivity contribution in [2.24, 2.45) is 7.05 Å². The normalized spacial score (nSPS) is 13.4. The summed E-state index contributed by atoms with van der Waals surface area (Å²) in [4.78, 5) is 0. The minimum atomic E-state index is -2.23. The summed E-state index contributed by atoms with van der Waals surface area (Å²) in [7, 11) is 2.12. The molecule has 0 radical (unpaired) electrons. The van der Waals surface area contributed by atoms with E-state index in [-0.39, 0.29) is 17.4 Å². The first-order valence-electron chi connectivity index (χ1n) is 19.0. The molecule has 0 bridgehead atoms. The number of hydrogen-bond acceptors (Lipinski definition) is 2. The molecule has 0 amide bonds. The van der Waals surface area contributed by atoms with Gasteiger partial charge in [0.05, 0.1) is 7.05 Å². The van der Waals surface area contributed by atoms with Gasteiger partial charge in [0, 0.05) is 36.8 Å². The van der Waals surface area contributed by atoms with Gasteiger partial charge in [-0.05, 0) is 84.3 Å². The molecule has 0 fully saturated rings. The Balaban J connectivity index is 1.40. The largest absolute Gasteiger partial charge is 0.456 e. The SMILES string of the molecule is [2H]C([2H])([2H])c1ccc2c(c1)oc1c(-c3n(-c4c(C(C)C)cc5c(oc6cc(-c7ccccc7)ccc65)c4C(C)C)c4ccccc4[n+]3C)c(C)ccc12. The first-order chi connectivity index (χ1) is 25.4. The minimum Gasteiger partial charge on any atom is -0.456 e. The Bertz CT molecular complexity index is 2910. The van der Waals surface area contributed by atoms with Crippen LogP contribution in [0.1, 0.15) is 65.9 Å². The Labute approximate surface area is 296 Å². The zero-order chi connectivity index (χ0) is 36.9. The molecule has 9 rings (SSSR count). The molecule has 3 aromatic heterocycles. The van der Waals surface area contributed by atoms with E-state index in [1.54, 1.807) is 12.1 Å². The van der Waals surface area contributed by atoms with Crippen molar-refractivity contribution in [1.82, 2.24) is 4.57 Å². The van der Waals surface area contributed by atoms with Crippen LogP contribution in [0, 0.1) is 13.8 Å². The molecule has 246 valence electrons. The Morgan fingerprint density at radius 2 is 1.36 bits per heavy atom. The lowest BCUT2D eigenvalue weighted by atomic mass is 9.89. The van der Waals surface area contributed by atoms with E-state index in [2.05, 4.69) is 136 Å². The lowest BCUT2D eigenvalue weighted by Crippen LogP contribution is -2.30. The Morgan fingerprint density at radius 3 is 2.14 bits per heavy atom. The summed E-state index contributed by atoms with van der Waals surface area (Å²) >= 11 is 0. The average molecular weight is 657 g/mol. The molecule has 0 aliphatic heterocycles. The van der Waals surface area contributed by atoms with Crippen LogP contribution in [-0.4, -0.2) is 4.57 Å². The number of para-hydroxylation sites is 2.